The van der Waals surface area contributed by atoms with Gasteiger partial charge in [-0.05, 0) is 26.3 Å². The Bertz CT molecular complexity index is 887. The summed E-state index contributed by atoms with van der Waals surface area (Å²) in [5, 5.41) is 7.78. The topological polar surface area (TPSA) is 67.1 Å². The van der Waals surface area contributed by atoms with Crippen molar-refractivity contribution in [2.24, 2.45) is 4.99 Å². The molecule has 0 fully saturated rings. The lowest BCUT2D eigenvalue weighted by Crippen LogP contribution is -2.36. The van der Waals surface area contributed by atoms with Gasteiger partial charge in [-0.1, -0.05) is 30.3 Å². The zero-order chi connectivity index (χ0) is 19.1. The summed E-state index contributed by atoms with van der Waals surface area (Å²) in [6, 6.07) is 10.4. The maximum atomic E-state index is 4.71. The molecule has 8 heteroatoms. The first kappa shape index (κ1) is 22.4. The number of nitrogens with zero attached hydrogens (tertiary/aromatic N) is 4. The van der Waals surface area contributed by atoms with Crippen molar-refractivity contribution < 1.29 is 0 Å². The van der Waals surface area contributed by atoms with Crippen molar-refractivity contribution in [3.63, 3.8) is 0 Å². The van der Waals surface area contributed by atoms with Crippen molar-refractivity contribution in [1.82, 2.24) is 25.2 Å². The smallest absolute Gasteiger partial charge is 0.191 e. The van der Waals surface area contributed by atoms with Gasteiger partial charge in [-0.25, -0.2) is 15.0 Å². The second-order valence-electron chi connectivity index (χ2n) is 6.25. The Morgan fingerprint density at radius 1 is 1.18 bits per heavy atom. The van der Waals surface area contributed by atoms with Gasteiger partial charge in [0.2, 0.25) is 0 Å². The highest BCUT2D eigenvalue weighted by atomic mass is 127. The molecule has 0 spiro atoms. The lowest BCUT2D eigenvalue weighted by molar-refractivity contribution is 0.717. The minimum atomic E-state index is 0. The van der Waals surface area contributed by atoms with E-state index in [0.717, 1.165) is 42.1 Å². The van der Waals surface area contributed by atoms with E-state index >= 15 is 0 Å². The minimum Gasteiger partial charge on any atom is -0.357 e. The zero-order valence-electron chi connectivity index (χ0n) is 16.5. The van der Waals surface area contributed by atoms with Crippen molar-refractivity contribution in [2.75, 3.05) is 6.54 Å². The predicted octanol–water partition coefficient (Wildman–Crippen LogP) is 3.88. The summed E-state index contributed by atoms with van der Waals surface area (Å²) in [6.07, 6.45) is 3.83. The molecule has 2 heterocycles. The molecule has 0 saturated carbocycles. The van der Waals surface area contributed by atoms with Gasteiger partial charge in [-0.3, -0.25) is 0 Å². The van der Waals surface area contributed by atoms with E-state index in [9.17, 15) is 0 Å². The molecule has 0 aliphatic rings. The molecule has 0 saturated heterocycles. The summed E-state index contributed by atoms with van der Waals surface area (Å²) in [5.41, 5.74) is 2.33. The molecule has 0 amide bonds. The van der Waals surface area contributed by atoms with E-state index in [1.54, 1.807) is 11.3 Å². The highest BCUT2D eigenvalue weighted by molar-refractivity contribution is 14.0. The van der Waals surface area contributed by atoms with Crippen molar-refractivity contribution in [3.8, 4) is 0 Å². The van der Waals surface area contributed by atoms with Crippen molar-refractivity contribution >= 4 is 41.3 Å². The number of aliphatic imine (C=N–C) groups is 1. The van der Waals surface area contributed by atoms with Crippen LogP contribution in [0, 0.1) is 13.8 Å². The van der Waals surface area contributed by atoms with E-state index in [0.29, 0.717) is 6.54 Å². The van der Waals surface area contributed by atoms with Gasteiger partial charge < -0.3 is 15.2 Å². The fraction of sp³-hybridized carbons (Fsp3) is 0.350. The molecule has 0 aliphatic carbocycles. The number of nitrogens with one attached hydrogen (secondary N) is 2. The molecular weight excluding hydrogens is 483 g/mol. The molecular formula is C20H27IN6S. The third-order valence-corrected chi connectivity index (χ3v) is 5.21. The first-order valence-electron chi connectivity index (χ1n) is 9.14. The number of halogens is 1. The Morgan fingerprint density at radius 3 is 2.64 bits per heavy atom. The fourth-order valence-electron chi connectivity index (χ4n) is 2.81. The fourth-order valence-corrected chi connectivity index (χ4v) is 3.69. The molecule has 0 bridgehead atoms. The van der Waals surface area contributed by atoms with Crippen LogP contribution in [0.1, 0.15) is 33.9 Å². The van der Waals surface area contributed by atoms with Gasteiger partial charge in [0.1, 0.15) is 12.4 Å². The first-order valence-corrected chi connectivity index (χ1v) is 9.96. The Hall–Kier alpha value is -1.94. The quantitative estimate of drug-likeness (QED) is 0.288. The van der Waals surface area contributed by atoms with Crippen LogP contribution in [0.3, 0.4) is 0 Å². The van der Waals surface area contributed by atoms with E-state index in [1.165, 1.54) is 10.4 Å². The van der Waals surface area contributed by atoms with Crippen LogP contribution in [0.2, 0.25) is 0 Å². The molecule has 2 N–H and O–H groups in total. The molecule has 28 heavy (non-hydrogen) atoms. The van der Waals surface area contributed by atoms with Crippen LogP contribution >= 0.6 is 35.3 Å². The van der Waals surface area contributed by atoms with E-state index in [-0.39, 0.29) is 24.0 Å². The molecule has 6 nitrogen and oxygen atoms in total. The van der Waals surface area contributed by atoms with E-state index in [1.807, 2.05) is 32.3 Å². The van der Waals surface area contributed by atoms with Gasteiger partial charge in [-0.2, -0.15) is 0 Å². The second kappa shape index (κ2) is 11.2. The van der Waals surface area contributed by atoms with Crippen LogP contribution in [0.4, 0.5) is 0 Å². The number of benzene rings is 1. The van der Waals surface area contributed by atoms with E-state index in [2.05, 4.69) is 56.4 Å². The van der Waals surface area contributed by atoms with Crippen LogP contribution in [-0.2, 0) is 19.6 Å². The summed E-state index contributed by atoms with van der Waals surface area (Å²) in [7, 11) is 0. The molecule has 0 aliphatic heterocycles. The van der Waals surface area contributed by atoms with Crippen LogP contribution in [-0.4, -0.2) is 27.0 Å². The third kappa shape index (κ3) is 6.30. The van der Waals surface area contributed by atoms with Gasteiger partial charge in [0, 0.05) is 30.4 Å². The average Bonchev–Trinajstić information content (AvgIpc) is 3.23. The van der Waals surface area contributed by atoms with E-state index in [4.69, 9.17) is 4.99 Å². The van der Waals surface area contributed by atoms with Gasteiger partial charge in [0.15, 0.2) is 5.96 Å². The lowest BCUT2D eigenvalue weighted by atomic mass is 10.2. The van der Waals surface area contributed by atoms with Gasteiger partial charge in [0.25, 0.3) is 0 Å². The molecule has 2 aromatic heterocycles. The van der Waals surface area contributed by atoms with Crippen LogP contribution < -0.4 is 10.6 Å². The van der Waals surface area contributed by atoms with Crippen molar-refractivity contribution in [3.05, 3.63) is 69.7 Å². The van der Waals surface area contributed by atoms with Crippen molar-refractivity contribution in [1.29, 1.82) is 0 Å². The first-order chi connectivity index (χ1) is 13.2. The number of thiazole rings is 1. The molecule has 3 rings (SSSR count). The van der Waals surface area contributed by atoms with Crippen LogP contribution in [0.25, 0.3) is 0 Å². The number of hydrogen-bond acceptors (Lipinski definition) is 4. The Kier molecular flexibility index (Phi) is 8.91. The Morgan fingerprint density at radius 2 is 1.96 bits per heavy atom. The zero-order valence-corrected chi connectivity index (χ0v) is 19.6. The molecule has 3 aromatic rings. The number of rotatable bonds is 7. The second-order valence-corrected chi connectivity index (χ2v) is 7.53. The maximum Gasteiger partial charge on any atom is 0.191 e. The average molecular weight is 510 g/mol. The molecule has 1 aromatic carbocycles. The number of imidazole rings is 1. The summed E-state index contributed by atoms with van der Waals surface area (Å²) in [6.45, 7) is 9.01. The highest BCUT2D eigenvalue weighted by Crippen LogP contribution is 2.16. The maximum absolute atomic E-state index is 4.71. The van der Waals surface area contributed by atoms with Gasteiger partial charge in [-0.15, -0.1) is 35.3 Å². The van der Waals surface area contributed by atoms with Crippen LogP contribution in [0.15, 0.2) is 47.7 Å². The monoisotopic (exact) mass is 510 g/mol. The summed E-state index contributed by atoms with van der Waals surface area (Å²) in [5.74, 6) is 1.73. The molecule has 0 atom stereocenters. The van der Waals surface area contributed by atoms with Gasteiger partial charge >= 0.3 is 0 Å². The number of hydrogen-bond donors (Lipinski definition) is 2. The summed E-state index contributed by atoms with van der Waals surface area (Å²) < 4.78 is 2.14. The molecule has 0 unspecified atom stereocenters. The SMILES string of the molecule is CCNC(=NCc1nccn1Cc1ccccc1)NCc1sc(C)nc1C.I. The van der Waals surface area contributed by atoms with Gasteiger partial charge in [0.05, 0.1) is 17.2 Å². The number of aryl methyl sites for hydroxylation is 2. The predicted molar refractivity (Wildman–Crippen MR) is 126 cm³/mol. The normalized spacial score (nSPS) is 11.2. The Labute approximate surface area is 187 Å². The van der Waals surface area contributed by atoms with E-state index < -0.39 is 0 Å². The standard InChI is InChI=1S/C20H26N6S.HI/c1-4-21-20(23-12-18-15(2)25-16(3)27-18)24-13-19-22-10-11-26(19)14-17-8-6-5-7-9-17;/h5-11H,4,12-14H2,1-3H3,(H2,21,23,24);1H. The minimum absolute atomic E-state index is 0. The number of guanidine groups is 1. The third-order valence-electron chi connectivity index (χ3n) is 4.14. The van der Waals surface area contributed by atoms with Crippen LogP contribution in [0.5, 0.6) is 0 Å². The largest absolute Gasteiger partial charge is 0.357 e. The summed E-state index contributed by atoms with van der Waals surface area (Å²) in [4.78, 5) is 14.9. The lowest BCUT2D eigenvalue weighted by Gasteiger charge is -2.11. The summed E-state index contributed by atoms with van der Waals surface area (Å²) >= 11 is 1.72. The number of aromatic nitrogens is 3. The Balaban J connectivity index is 0.00000280. The highest BCUT2D eigenvalue weighted by Gasteiger charge is 2.07. The molecule has 150 valence electrons. The van der Waals surface area contributed by atoms with Crippen molar-refractivity contribution in [2.45, 2.75) is 40.4 Å². The molecule has 0 radical (unpaired) electrons.